The zero-order chi connectivity index (χ0) is 90.2. The molecule has 0 aromatic carbocycles. The SMILES string of the molecule is CCC(OC1CCC(OC2CCC(O)C(C)O2)C(C)O1)C(C)C(O)C(C)C(O)C(C)C1CC=CC=CC(O)CC(O)C(C)C(O)CC(OC2OC(CO)C(O)C(O)C2NC(C)=O)C(C)C2CC(O)C(O)C(O)(CC(OC3OC(C)C(O)C(OC4CC(O)C(O)C(C)O4)C3OC3OC(C)C(O)C(O)C3O)C(C)CCC(O)CC(O)CC=CC=CC(=O)O1)O2. The molecule has 0 saturated carbocycles. The van der Waals surface area contributed by atoms with Gasteiger partial charge in [-0.25, -0.2) is 4.79 Å². The van der Waals surface area contributed by atoms with Gasteiger partial charge in [0.05, 0.1) is 129 Å². The zero-order valence-corrected chi connectivity index (χ0v) is 72.4. The van der Waals surface area contributed by atoms with E-state index in [1.807, 2.05) is 20.8 Å². The van der Waals surface area contributed by atoms with Crippen molar-refractivity contribution in [3.8, 4) is 0 Å². The van der Waals surface area contributed by atoms with E-state index in [2.05, 4.69) is 5.32 Å². The summed E-state index contributed by atoms with van der Waals surface area (Å²) in [7, 11) is 0. The highest BCUT2D eigenvalue weighted by Crippen LogP contribution is 2.43. The normalized spacial score (nSPS) is 46.2. The molecule has 37 heteroatoms. The average Bonchev–Trinajstić information content (AvgIpc) is 0.775. The number of aliphatic hydroxyl groups is 20. The Bertz CT molecular complexity index is 3210. The van der Waals surface area contributed by atoms with Crippen LogP contribution in [0, 0.1) is 35.5 Å². The van der Waals surface area contributed by atoms with Crippen LogP contribution >= 0.6 is 0 Å². The highest BCUT2D eigenvalue weighted by molar-refractivity contribution is 5.82. The van der Waals surface area contributed by atoms with Crippen molar-refractivity contribution < 1.29 is 178 Å². The number of hydrogen-bond donors (Lipinski definition) is 21. The Kier molecular flexibility index (Phi) is 40.8. The minimum atomic E-state index is -2.89. The molecule has 2 bridgehead atoms. The van der Waals surface area contributed by atoms with Crippen LogP contribution in [0.1, 0.15) is 186 Å². The van der Waals surface area contributed by atoms with E-state index >= 15 is 0 Å². The Balaban J connectivity index is 1.08. The van der Waals surface area contributed by atoms with Gasteiger partial charge in [-0.15, -0.1) is 0 Å². The number of carbonyl (C=O) groups excluding carboxylic acids is 2. The predicted octanol–water partition coefficient (Wildman–Crippen LogP) is -1.33. The van der Waals surface area contributed by atoms with E-state index < -0.39 is 300 Å². The van der Waals surface area contributed by atoms with Gasteiger partial charge in [0.15, 0.2) is 43.5 Å². The molecule has 21 N–H and O–H groups in total. The molecular formula is C85H145NO36. The highest BCUT2D eigenvalue weighted by atomic mass is 16.8. The maximum atomic E-state index is 13.8. The van der Waals surface area contributed by atoms with Crippen molar-refractivity contribution in [1.82, 2.24) is 5.32 Å². The summed E-state index contributed by atoms with van der Waals surface area (Å²) in [6, 6.07) is -1.56. The number of ether oxygens (including phenoxy) is 14. The van der Waals surface area contributed by atoms with E-state index in [4.69, 9.17) is 66.3 Å². The molecule has 122 heavy (non-hydrogen) atoms. The lowest BCUT2D eigenvalue weighted by atomic mass is 9.79. The third kappa shape index (κ3) is 28.1. The summed E-state index contributed by atoms with van der Waals surface area (Å²) in [5.74, 6) is -9.86. The molecule has 706 valence electrons. The predicted molar refractivity (Wildman–Crippen MR) is 429 cm³/mol. The Morgan fingerprint density at radius 2 is 1.15 bits per heavy atom. The second-order valence-corrected chi connectivity index (χ2v) is 35.5. The minimum Gasteiger partial charge on any atom is -0.458 e. The summed E-state index contributed by atoms with van der Waals surface area (Å²) in [6.45, 7) is 19.9. The molecule has 46 unspecified atom stereocenters. The van der Waals surface area contributed by atoms with Crippen molar-refractivity contribution in [2.24, 2.45) is 35.5 Å². The van der Waals surface area contributed by atoms with E-state index in [0.717, 1.165) is 13.0 Å². The van der Waals surface area contributed by atoms with Crippen LogP contribution in [0.4, 0.5) is 0 Å². The van der Waals surface area contributed by atoms with E-state index in [1.165, 1.54) is 58.9 Å². The topological polar surface area (TPSA) is 580 Å². The molecule has 0 spiro atoms. The van der Waals surface area contributed by atoms with Crippen LogP contribution in [0.15, 0.2) is 48.6 Å². The van der Waals surface area contributed by atoms with Crippen molar-refractivity contribution in [2.75, 3.05) is 6.61 Å². The number of allylic oxidation sites excluding steroid dienone is 4. The van der Waals surface area contributed by atoms with Crippen LogP contribution in [-0.4, -0.2) is 366 Å². The molecule has 8 heterocycles. The number of fused-ring (bicyclic) bond motifs is 2. The largest absolute Gasteiger partial charge is 0.458 e. The Labute approximate surface area is 714 Å². The fourth-order valence-corrected chi connectivity index (χ4v) is 17.5. The quantitative estimate of drug-likeness (QED) is 0.0592. The van der Waals surface area contributed by atoms with Crippen molar-refractivity contribution in [3.63, 3.8) is 0 Å². The monoisotopic (exact) mass is 1760 g/mol. The number of aliphatic hydroxyl groups excluding tert-OH is 19. The number of cyclic esters (lactones) is 1. The lowest BCUT2D eigenvalue weighted by molar-refractivity contribution is -0.391. The van der Waals surface area contributed by atoms with Crippen LogP contribution in [0.2, 0.25) is 0 Å². The van der Waals surface area contributed by atoms with Crippen LogP contribution in [0.5, 0.6) is 0 Å². The van der Waals surface area contributed by atoms with E-state index in [1.54, 1.807) is 45.9 Å². The third-order valence-electron chi connectivity index (χ3n) is 26.0. The standard InChI is InChI=1S/C85H145NO36/c1-14-58(115-67-30-28-60(45(9)110-67)116-66-29-27-53(92)44(8)109-66)41(5)70(98)43(7)71(99)42(6)59-23-19-15-17-22-51(90)32-54(93)39(3)55(94)33-61(117-82-69(86-49(13)88)76(104)75(103)64(37-87)119-82)40(4)62-34-57(96)81(107)85(108,122-62)36-63(38(2)25-26-52(91)31-50(89)21-18-16-20-24-65(97)114-59)118-84-80(121-83-78(106)77(105)73(101)47(11)112-83)79(74(102)48(12)113-84)120-68-35-56(95)72(100)46(10)111-68/h15-20,22,24,38-48,50-64,66-84,87,89-96,98-108H,14,21,23,25-37H2,1-13H3,(H,86,88). The number of carbonyl (C=O) groups is 2. The summed E-state index contributed by atoms with van der Waals surface area (Å²) >= 11 is 0. The van der Waals surface area contributed by atoms with Gasteiger partial charge >= 0.3 is 5.97 Å². The molecule has 37 nitrogen and oxygen atoms in total. The van der Waals surface area contributed by atoms with E-state index in [0.29, 0.717) is 32.1 Å². The van der Waals surface area contributed by atoms with Gasteiger partial charge in [-0.2, -0.15) is 0 Å². The number of nitrogens with one attached hydrogen (secondary N) is 1. The Morgan fingerprint density at radius 3 is 1.81 bits per heavy atom. The summed E-state index contributed by atoms with van der Waals surface area (Å²) in [6.07, 6.45) is -39.4. The van der Waals surface area contributed by atoms with Gasteiger partial charge in [-0.1, -0.05) is 91.0 Å². The second kappa shape index (κ2) is 47.9. The molecule has 7 fully saturated rings. The third-order valence-corrected chi connectivity index (χ3v) is 26.0. The van der Waals surface area contributed by atoms with Gasteiger partial charge in [0.25, 0.3) is 0 Å². The maximum absolute atomic E-state index is 13.8. The fraction of sp³-hybridized carbons (Fsp3) is 0.882. The molecule has 46 atom stereocenters. The molecule has 8 rings (SSSR count). The van der Waals surface area contributed by atoms with Gasteiger partial charge in [0.1, 0.15) is 79.3 Å². The first-order valence-corrected chi connectivity index (χ1v) is 43.7. The minimum absolute atomic E-state index is 0.00178. The molecular weight excluding hydrogens is 1610 g/mol. The highest BCUT2D eigenvalue weighted by Gasteiger charge is 2.57. The number of esters is 1. The molecule has 8 aliphatic heterocycles. The summed E-state index contributed by atoms with van der Waals surface area (Å²) < 4.78 is 88.0. The molecule has 0 aromatic rings. The lowest BCUT2D eigenvalue weighted by Crippen LogP contribution is -2.66. The first kappa shape index (κ1) is 104. The first-order valence-electron chi connectivity index (χ1n) is 43.7. The molecule has 1 amide bonds. The van der Waals surface area contributed by atoms with Crippen LogP contribution in [0.25, 0.3) is 0 Å². The van der Waals surface area contributed by atoms with Crippen molar-refractivity contribution >= 4 is 11.9 Å². The van der Waals surface area contributed by atoms with Crippen molar-refractivity contribution in [1.29, 1.82) is 0 Å². The van der Waals surface area contributed by atoms with Gasteiger partial charge in [0.2, 0.25) is 5.91 Å². The summed E-state index contributed by atoms with van der Waals surface area (Å²) in [5.41, 5.74) is 0. The first-order chi connectivity index (χ1) is 57.4. The van der Waals surface area contributed by atoms with Gasteiger partial charge < -0.3 is 174 Å². The van der Waals surface area contributed by atoms with Gasteiger partial charge in [-0.05, 0) is 85.5 Å². The summed E-state index contributed by atoms with van der Waals surface area (Å²) in [5, 5.41) is 232. The van der Waals surface area contributed by atoms with Crippen LogP contribution < -0.4 is 5.32 Å². The van der Waals surface area contributed by atoms with E-state index in [-0.39, 0.29) is 63.3 Å². The molecule has 0 radical (unpaired) electrons. The number of amides is 1. The zero-order valence-electron chi connectivity index (χ0n) is 72.4. The average molecular weight is 1760 g/mol. The lowest BCUT2D eigenvalue weighted by Gasteiger charge is -2.50. The van der Waals surface area contributed by atoms with Crippen LogP contribution in [0.3, 0.4) is 0 Å². The Morgan fingerprint density at radius 1 is 0.516 bits per heavy atom. The van der Waals surface area contributed by atoms with E-state index in [9.17, 15) is 112 Å². The molecule has 0 aromatic heterocycles. The smallest absolute Gasteiger partial charge is 0.331 e. The Hall–Kier alpha value is -3.42. The van der Waals surface area contributed by atoms with Gasteiger partial charge in [-0.3, -0.25) is 4.79 Å². The van der Waals surface area contributed by atoms with Crippen molar-refractivity contribution in [2.45, 2.75) is 431 Å². The number of rotatable bonds is 21. The molecule has 0 aliphatic carbocycles. The number of hydrogen-bond acceptors (Lipinski definition) is 36. The summed E-state index contributed by atoms with van der Waals surface area (Å²) in [4.78, 5) is 26.6. The molecule has 7 saturated heterocycles. The second-order valence-electron chi connectivity index (χ2n) is 35.5. The maximum Gasteiger partial charge on any atom is 0.331 e. The molecule has 8 aliphatic rings. The van der Waals surface area contributed by atoms with Crippen LogP contribution in [-0.2, 0) is 75.9 Å². The fourth-order valence-electron chi connectivity index (χ4n) is 17.5. The van der Waals surface area contributed by atoms with Crippen molar-refractivity contribution in [3.05, 3.63) is 48.6 Å². The van der Waals surface area contributed by atoms with Gasteiger partial charge in [0, 0.05) is 94.0 Å².